The SMILES string of the molecule is CN(C)S(=O)(=O)N(CCc1cn(CC(=O)O)c2cc(Br)ccc12)C(=O)OC(C)(C)C. The Labute approximate surface area is 184 Å². The van der Waals surface area contributed by atoms with Gasteiger partial charge < -0.3 is 14.4 Å². The molecular weight excluding hydrogens is 478 g/mol. The van der Waals surface area contributed by atoms with Crippen molar-refractivity contribution >= 4 is 49.1 Å². The third kappa shape index (κ3) is 5.73. The number of rotatable bonds is 7. The highest BCUT2D eigenvalue weighted by Crippen LogP contribution is 2.26. The second-order valence-corrected chi connectivity index (χ2v) is 10.9. The summed E-state index contributed by atoms with van der Waals surface area (Å²) in [4.78, 5) is 23.8. The average molecular weight is 504 g/mol. The lowest BCUT2D eigenvalue weighted by atomic mass is 10.1. The molecule has 0 fully saturated rings. The summed E-state index contributed by atoms with van der Waals surface area (Å²) in [7, 11) is -1.40. The molecular formula is C19H26BrN3O6S. The van der Waals surface area contributed by atoms with Crippen LogP contribution in [0, 0.1) is 0 Å². The summed E-state index contributed by atoms with van der Waals surface area (Å²) in [5.74, 6) is -0.996. The molecule has 0 saturated carbocycles. The lowest BCUT2D eigenvalue weighted by Gasteiger charge is -2.28. The van der Waals surface area contributed by atoms with Gasteiger partial charge in [0.2, 0.25) is 0 Å². The van der Waals surface area contributed by atoms with Crippen molar-refractivity contribution in [3.8, 4) is 0 Å². The molecule has 0 bridgehead atoms. The van der Waals surface area contributed by atoms with Crippen LogP contribution in [-0.4, -0.2) is 65.0 Å². The fraction of sp³-hybridized carbons (Fsp3) is 0.474. The topological polar surface area (TPSA) is 109 Å². The number of hydrogen-bond acceptors (Lipinski definition) is 5. The number of benzene rings is 1. The number of carboxylic acids is 1. The van der Waals surface area contributed by atoms with E-state index >= 15 is 0 Å². The van der Waals surface area contributed by atoms with Crippen molar-refractivity contribution in [1.82, 2.24) is 13.2 Å². The highest BCUT2D eigenvalue weighted by molar-refractivity contribution is 9.10. The maximum atomic E-state index is 12.7. The smallest absolute Gasteiger partial charge is 0.425 e. The van der Waals surface area contributed by atoms with Crippen LogP contribution in [0.2, 0.25) is 0 Å². The first-order valence-electron chi connectivity index (χ1n) is 9.14. The van der Waals surface area contributed by atoms with Crippen LogP contribution in [-0.2, 0) is 32.7 Å². The van der Waals surface area contributed by atoms with E-state index in [4.69, 9.17) is 4.74 Å². The van der Waals surface area contributed by atoms with Crippen molar-refractivity contribution in [3.05, 3.63) is 34.4 Å². The maximum absolute atomic E-state index is 12.7. The summed E-state index contributed by atoms with van der Waals surface area (Å²) < 4.78 is 34.7. The number of halogens is 1. The summed E-state index contributed by atoms with van der Waals surface area (Å²) in [6, 6.07) is 5.44. The molecule has 0 saturated heterocycles. The number of fused-ring (bicyclic) bond motifs is 1. The molecule has 0 atom stereocenters. The third-order valence-corrected chi connectivity index (χ3v) is 6.46. The number of carbonyl (C=O) groups is 2. The van der Waals surface area contributed by atoms with E-state index < -0.39 is 27.9 Å². The van der Waals surface area contributed by atoms with Crippen LogP contribution < -0.4 is 0 Å². The Bertz CT molecular complexity index is 1060. The van der Waals surface area contributed by atoms with Gasteiger partial charge in [-0.2, -0.15) is 17.0 Å². The van der Waals surface area contributed by atoms with Crippen LogP contribution >= 0.6 is 15.9 Å². The molecule has 9 nitrogen and oxygen atoms in total. The van der Waals surface area contributed by atoms with E-state index in [0.29, 0.717) is 9.82 Å². The van der Waals surface area contributed by atoms with Gasteiger partial charge in [-0.1, -0.05) is 22.0 Å². The van der Waals surface area contributed by atoms with Gasteiger partial charge in [0.1, 0.15) is 12.1 Å². The quantitative estimate of drug-likeness (QED) is 0.621. The molecule has 0 unspecified atom stereocenters. The molecule has 11 heteroatoms. The van der Waals surface area contributed by atoms with Crippen molar-refractivity contribution in [2.75, 3.05) is 20.6 Å². The monoisotopic (exact) mass is 503 g/mol. The molecule has 30 heavy (non-hydrogen) atoms. The minimum Gasteiger partial charge on any atom is -0.480 e. The Morgan fingerprint density at radius 3 is 2.40 bits per heavy atom. The number of carboxylic acid groups (broad SMARTS) is 1. The number of amides is 1. The van der Waals surface area contributed by atoms with Gasteiger partial charge in [0, 0.05) is 42.2 Å². The van der Waals surface area contributed by atoms with Crippen LogP contribution in [0.3, 0.4) is 0 Å². The predicted octanol–water partition coefficient (Wildman–Crippen LogP) is 3.07. The van der Waals surface area contributed by atoms with Crippen molar-refractivity contribution in [2.24, 2.45) is 0 Å². The van der Waals surface area contributed by atoms with Gasteiger partial charge in [-0.25, -0.2) is 4.79 Å². The van der Waals surface area contributed by atoms with Gasteiger partial charge in [0.25, 0.3) is 0 Å². The van der Waals surface area contributed by atoms with Crippen molar-refractivity contribution in [3.63, 3.8) is 0 Å². The van der Waals surface area contributed by atoms with E-state index in [1.54, 1.807) is 37.6 Å². The van der Waals surface area contributed by atoms with Gasteiger partial charge >= 0.3 is 22.3 Å². The van der Waals surface area contributed by atoms with Crippen LogP contribution in [0.1, 0.15) is 26.3 Å². The molecule has 0 aliphatic carbocycles. The molecule has 2 aromatic rings. The molecule has 1 N–H and O–H groups in total. The Balaban J connectivity index is 2.40. The normalized spacial score (nSPS) is 12.4. The summed E-state index contributed by atoms with van der Waals surface area (Å²) in [6.45, 7) is 4.57. The molecule has 2 rings (SSSR count). The first-order chi connectivity index (χ1) is 13.7. The zero-order chi connectivity index (χ0) is 22.9. The second kappa shape index (κ2) is 8.94. The van der Waals surface area contributed by atoms with Crippen molar-refractivity contribution in [1.29, 1.82) is 0 Å². The van der Waals surface area contributed by atoms with E-state index in [0.717, 1.165) is 19.7 Å². The molecule has 1 amide bonds. The third-order valence-electron chi connectivity index (χ3n) is 4.15. The summed E-state index contributed by atoms with van der Waals surface area (Å²) in [5, 5.41) is 9.97. The minimum atomic E-state index is -4.07. The maximum Gasteiger partial charge on any atom is 0.425 e. The first kappa shape index (κ1) is 24.2. The summed E-state index contributed by atoms with van der Waals surface area (Å²) >= 11 is 3.38. The Morgan fingerprint density at radius 2 is 1.87 bits per heavy atom. The van der Waals surface area contributed by atoms with Gasteiger partial charge in [0.15, 0.2) is 0 Å². The Morgan fingerprint density at radius 1 is 1.23 bits per heavy atom. The van der Waals surface area contributed by atoms with E-state index in [1.807, 2.05) is 12.1 Å². The van der Waals surface area contributed by atoms with E-state index in [9.17, 15) is 23.1 Å². The molecule has 0 radical (unpaired) electrons. The Hall–Kier alpha value is -2.11. The lowest BCUT2D eigenvalue weighted by molar-refractivity contribution is -0.137. The summed E-state index contributed by atoms with van der Waals surface area (Å²) in [6.07, 6.45) is 0.894. The molecule has 1 heterocycles. The predicted molar refractivity (Wildman–Crippen MR) is 117 cm³/mol. The zero-order valence-corrected chi connectivity index (χ0v) is 19.9. The van der Waals surface area contributed by atoms with Crippen molar-refractivity contribution < 1.29 is 27.9 Å². The number of nitrogens with zero attached hydrogens (tertiary/aromatic N) is 3. The van der Waals surface area contributed by atoms with Crippen LogP contribution in [0.15, 0.2) is 28.9 Å². The largest absolute Gasteiger partial charge is 0.480 e. The van der Waals surface area contributed by atoms with E-state index in [2.05, 4.69) is 15.9 Å². The molecule has 166 valence electrons. The average Bonchev–Trinajstić information content (AvgIpc) is 2.89. The number of aliphatic carboxylic acids is 1. The number of aromatic nitrogens is 1. The van der Waals surface area contributed by atoms with Crippen LogP contribution in [0.5, 0.6) is 0 Å². The van der Waals surface area contributed by atoms with Gasteiger partial charge in [-0.05, 0) is 44.9 Å². The van der Waals surface area contributed by atoms with Gasteiger partial charge in [0.05, 0.1) is 0 Å². The van der Waals surface area contributed by atoms with Crippen LogP contribution in [0.4, 0.5) is 4.79 Å². The van der Waals surface area contributed by atoms with E-state index in [1.165, 1.54) is 14.1 Å². The standard InChI is InChI=1S/C19H26BrN3O6S/c1-19(2,3)29-18(26)23(30(27,28)21(4)5)9-8-13-11-22(12-17(24)25)16-10-14(20)6-7-15(13)16/h6-7,10-11H,8-9,12H2,1-5H3,(H,24,25). The molecule has 1 aromatic heterocycles. The molecule has 0 spiro atoms. The first-order valence-corrected chi connectivity index (χ1v) is 11.3. The van der Waals surface area contributed by atoms with Crippen LogP contribution in [0.25, 0.3) is 10.9 Å². The minimum absolute atomic E-state index is 0.155. The highest BCUT2D eigenvalue weighted by atomic mass is 79.9. The fourth-order valence-electron chi connectivity index (χ4n) is 2.85. The lowest BCUT2D eigenvalue weighted by Crippen LogP contribution is -2.46. The molecule has 0 aliphatic heterocycles. The van der Waals surface area contributed by atoms with Gasteiger partial charge in [-0.15, -0.1) is 0 Å². The number of ether oxygens (including phenoxy) is 1. The fourth-order valence-corrected chi connectivity index (χ4v) is 4.14. The van der Waals surface area contributed by atoms with Gasteiger partial charge in [-0.3, -0.25) is 4.79 Å². The second-order valence-electron chi connectivity index (χ2n) is 7.93. The van der Waals surface area contributed by atoms with E-state index in [-0.39, 0.29) is 19.5 Å². The summed E-state index contributed by atoms with van der Waals surface area (Å²) in [5.41, 5.74) is 0.559. The highest BCUT2D eigenvalue weighted by Gasteiger charge is 2.33. The molecule has 1 aromatic carbocycles. The number of carbonyl (C=O) groups excluding carboxylic acids is 1. The van der Waals surface area contributed by atoms with Crippen molar-refractivity contribution in [2.45, 2.75) is 39.3 Å². The molecule has 0 aliphatic rings. The number of hydrogen-bond donors (Lipinski definition) is 1. The Kier molecular flexibility index (Phi) is 7.20. The zero-order valence-electron chi connectivity index (χ0n) is 17.5.